The average molecular weight is 677 g/mol. The molecule has 0 unspecified atom stereocenters. The Morgan fingerprint density at radius 2 is 1.68 bits per heavy atom. The van der Waals surface area contributed by atoms with Crippen molar-refractivity contribution in [3.63, 3.8) is 0 Å². The second-order valence-electron chi connectivity index (χ2n) is 7.48. The first-order valence-corrected chi connectivity index (χ1v) is 12.1. The summed E-state index contributed by atoms with van der Waals surface area (Å²) in [5.74, 6) is -1.01. The third kappa shape index (κ3) is 28.8. The van der Waals surface area contributed by atoms with Crippen LogP contribution in [0.25, 0.3) is 10.8 Å². The predicted molar refractivity (Wildman–Crippen MR) is 154 cm³/mol. The van der Waals surface area contributed by atoms with E-state index in [1.54, 1.807) is 12.4 Å². The van der Waals surface area contributed by atoms with E-state index >= 15 is 0 Å². The fraction of sp³-hybridized carbons (Fsp3) is 0.423. The number of benzene rings is 1. The SMILES string of the molecule is CC(=O)[O-].CCN(CCN(C)C)Cc1cc(C)cc(C=NCc2ccccn2)c1[O-].C[O-].[N-]=C=S.[N-]=C=S.[Ni+2].[Ni+3]. The molecule has 2 rings (SSSR count). The Bertz CT molecular complexity index is 988. The normalized spacial score (nSPS) is 8.82. The summed E-state index contributed by atoms with van der Waals surface area (Å²) >= 11 is 7.40. The summed E-state index contributed by atoms with van der Waals surface area (Å²) < 4.78 is 0. The summed E-state index contributed by atoms with van der Waals surface area (Å²) in [4.78, 5) is 22.0. The van der Waals surface area contributed by atoms with Crippen molar-refractivity contribution in [2.75, 3.05) is 40.8 Å². The Labute approximate surface area is 268 Å². The molecule has 2 aromatic rings. The molecule has 0 spiro atoms. The number of aryl methyl sites for hydroxylation is 1. The van der Waals surface area contributed by atoms with E-state index in [-0.39, 0.29) is 38.7 Å². The zero-order valence-corrected chi connectivity index (χ0v) is 27.0. The van der Waals surface area contributed by atoms with Crippen LogP contribution in [0.4, 0.5) is 0 Å². The van der Waals surface area contributed by atoms with E-state index in [9.17, 15) is 5.11 Å². The maximum atomic E-state index is 12.8. The van der Waals surface area contributed by atoms with Gasteiger partial charge in [0.05, 0.1) is 12.2 Å². The monoisotopic (exact) mass is 675 g/mol. The summed E-state index contributed by atoms with van der Waals surface area (Å²) in [6, 6.07) is 9.65. The van der Waals surface area contributed by atoms with E-state index < -0.39 is 5.97 Å². The van der Waals surface area contributed by atoms with Crippen molar-refractivity contribution >= 4 is 46.9 Å². The molecular weight excluding hydrogens is 642 g/mol. The number of hydrogen-bond donors (Lipinski definition) is 0. The maximum Gasteiger partial charge on any atom is 3.00 e. The Kier molecular flexibility index (Phi) is 39.2. The number of carboxylic acid groups (broad SMARTS) is 1. The van der Waals surface area contributed by atoms with Gasteiger partial charge >= 0.3 is 33.0 Å². The molecule has 0 atom stereocenters. The van der Waals surface area contributed by atoms with E-state index in [1.807, 2.05) is 37.3 Å². The van der Waals surface area contributed by atoms with Crippen LogP contribution in [0.2, 0.25) is 0 Å². The largest absolute Gasteiger partial charge is 3.00 e. The van der Waals surface area contributed by atoms with Crippen LogP contribution in [-0.2, 0) is 50.9 Å². The van der Waals surface area contributed by atoms with Crippen LogP contribution in [0, 0.1) is 6.92 Å². The number of pyridine rings is 1. The molecule has 0 amide bonds. The second-order valence-corrected chi connectivity index (χ2v) is 7.84. The van der Waals surface area contributed by atoms with Crippen LogP contribution in [0.15, 0.2) is 41.5 Å². The summed E-state index contributed by atoms with van der Waals surface area (Å²) in [6.45, 7) is 9.12. The topological polar surface area (TPSA) is 163 Å². The molecular formula is C26H35N6Ni2O4S2. The molecule has 40 heavy (non-hydrogen) atoms. The number of rotatable bonds is 9. The van der Waals surface area contributed by atoms with Gasteiger partial charge in [-0.1, -0.05) is 60.9 Å². The van der Waals surface area contributed by atoms with Gasteiger partial charge in [-0.2, -0.15) is 17.4 Å². The van der Waals surface area contributed by atoms with Crippen molar-refractivity contribution in [3.8, 4) is 5.75 Å². The van der Waals surface area contributed by atoms with Gasteiger partial charge in [0.2, 0.25) is 0 Å². The van der Waals surface area contributed by atoms with Crippen molar-refractivity contribution < 1.29 is 53.1 Å². The molecule has 1 aromatic heterocycles. The van der Waals surface area contributed by atoms with Gasteiger partial charge in [0.15, 0.2) is 0 Å². The van der Waals surface area contributed by atoms with Crippen molar-refractivity contribution in [1.82, 2.24) is 14.8 Å². The number of thiocarbonyl (C=S) groups is 2. The van der Waals surface area contributed by atoms with E-state index in [2.05, 4.69) is 65.2 Å². The first kappa shape index (κ1) is 47.6. The van der Waals surface area contributed by atoms with E-state index in [4.69, 9.17) is 25.8 Å². The Morgan fingerprint density at radius 1 is 1.15 bits per heavy atom. The number of carbonyl (C=O) groups excluding carboxylic acids is 1. The number of likely N-dealkylation sites (N-methyl/N-ethyl adjacent to an activating group) is 2. The first-order valence-electron chi connectivity index (χ1n) is 11.2. The summed E-state index contributed by atoms with van der Waals surface area (Å²) in [5.41, 5.74) is 3.47. The summed E-state index contributed by atoms with van der Waals surface area (Å²) in [5, 5.41) is 46.9. The number of nitrogens with zero attached hydrogens (tertiary/aromatic N) is 6. The number of aliphatic carboxylic acids is 1. The fourth-order valence-corrected chi connectivity index (χ4v) is 2.75. The van der Waals surface area contributed by atoms with Gasteiger partial charge in [-0.15, -0.1) is 0 Å². The number of aromatic nitrogens is 1. The van der Waals surface area contributed by atoms with Crippen molar-refractivity contribution in [3.05, 3.63) is 69.7 Å². The number of carbonyl (C=O) groups is 1. The van der Waals surface area contributed by atoms with Crippen molar-refractivity contribution in [2.45, 2.75) is 33.9 Å². The quantitative estimate of drug-likeness (QED) is 0.218. The van der Waals surface area contributed by atoms with Crippen molar-refractivity contribution in [1.29, 1.82) is 0 Å². The molecule has 1 aromatic carbocycles. The Morgan fingerprint density at radius 3 is 2.10 bits per heavy atom. The summed E-state index contributed by atoms with van der Waals surface area (Å²) in [6.07, 6.45) is 3.44. The number of hydrogen-bond acceptors (Lipinski definition) is 10. The minimum Gasteiger partial charge on any atom is -0.872 e. The molecule has 10 nitrogen and oxygen atoms in total. The minimum absolute atomic E-state index is 0. The van der Waals surface area contributed by atoms with Crippen LogP contribution in [0.5, 0.6) is 5.75 Å². The third-order valence-corrected chi connectivity index (χ3v) is 4.25. The molecule has 0 bridgehead atoms. The first-order chi connectivity index (χ1) is 18.1. The van der Waals surface area contributed by atoms with Gasteiger partial charge in [0, 0.05) is 38.0 Å². The fourth-order valence-electron chi connectivity index (χ4n) is 2.75. The smallest absolute Gasteiger partial charge is 0.872 e. The molecule has 0 aliphatic carbocycles. The molecule has 1 heterocycles. The van der Waals surface area contributed by atoms with Gasteiger partial charge in [0.1, 0.15) is 0 Å². The Balaban J connectivity index is -0.000000250. The minimum atomic E-state index is -1.08. The van der Waals surface area contributed by atoms with Crippen LogP contribution in [0.1, 0.15) is 36.2 Å². The van der Waals surface area contributed by atoms with Crippen LogP contribution < -0.4 is 15.3 Å². The molecule has 0 saturated heterocycles. The molecule has 0 aliphatic rings. The maximum absolute atomic E-state index is 12.8. The van der Waals surface area contributed by atoms with Gasteiger partial charge in [-0.25, -0.2) is 0 Å². The average Bonchev–Trinajstić information content (AvgIpc) is 2.86. The zero-order chi connectivity index (χ0) is 29.9. The zero-order valence-electron chi connectivity index (χ0n) is 23.3. The molecule has 225 valence electrons. The number of aliphatic imine (C=N–C) groups is 1. The number of isothiocyanates is 2. The van der Waals surface area contributed by atoms with E-state index in [1.165, 1.54) is 10.3 Å². The van der Waals surface area contributed by atoms with Crippen LogP contribution in [0.3, 0.4) is 0 Å². The summed E-state index contributed by atoms with van der Waals surface area (Å²) in [7, 11) is 4.88. The van der Waals surface area contributed by atoms with Gasteiger partial charge in [-0.3, -0.25) is 14.9 Å². The molecule has 1 radical (unpaired) electrons. The number of carboxylic acids is 1. The second kappa shape index (κ2) is 33.0. The third-order valence-electron chi connectivity index (χ3n) is 4.25. The molecule has 0 saturated carbocycles. The van der Waals surface area contributed by atoms with Crippen molar-refractivity contribution in [2.24, 2.45) is 4.99 Å². The predicted octanol–water partition coefficient (Wildman–Crippen LogP) is 1.51. The molecule has 0 N–H and O–H groups in total. The van der Waals surface area contributed by atoms with Crippen LogP contribution in [-0.4, -0.2) is 78.1 Å². The van der Waals surface area contributed by atoms with Gasteiger partial charge in [0.25, 0.3) is 0 Å². The Hall–Kier alpha value is -2.22. The molecule has 0 aliphatic heterocycles. The molecule has 14 heteroatoms. The van der Waals surface area contributed by atoms with E-state index in [0.29, 0.717) is 18.7 Å². The van der Waals surface area contributed by atoms with E-state index in [0.717, 1.165) is 50.5 Å². The van der Waals surface area contributed by atoms with Gasteiger partial charge < -0.3 is 35.8 Å². The standard InChI is InChI=1S/C21H30N4O.C2H4O2.2CNS.CH3O.2Ni/c1-5-25(11-10-24(3)4)16-19-13-17(2)12-18(21(19)26)14-22-15-20-8-6-7-9-23-20;1-2(3)4;2*2-1-3;1-2;;/h6-9,12-14,26H,5,10-11,15-16H2,1-4H3;1H3,(H,3,4);;;1H3;;/q;;3*-1;+2;+3/p-2. The van der Waals surface area contributed by atoms with Crippen LogP contribution >= 0.6 is 24.4 Å². The van der Waals surface area contributed by atoms with Gasteiger partial charge in [-0.05, 0) is 57.7 Å². The molecule has 0 fully saturated rings.